The number of quaternary nitrogens is 1. The lowest BCUT2D eigenvalue weighted by atomic mass is 9.83. The zero-order chi connectivity index (χ0) is 12.0. The summed E-state index contributed by atoms with van der Waals surface area (Å²) in [5.41, 5.74) is 4.53. The van der Waals surface area contributed by atoms with Gasteiger partial charge in [0.1, 0.15) is 5.54 Å². The molecule has 0 amide bonds. The topological polar surface area (TPSA) is 67.8 Å². The van der Waals surface area contributed by atoms with E-state index in [1.807, 2.05) is 30.3 Å². The second-order valence-corrected chi connectivity index (χ2v) is 4.30. The molecule has 0 saturated heterocycles. The minimum atomic E-state index is -1.03. The number of carboxylic acids is 1. The highest BCUT2D eigenvalue weighted by Gasteiger charge is 2.30. The quantitative estimate of drug-likeness (QED) is 0.758. The lowest BCUT2D eigenvalue weighted by Gasteiger charge is -2.26. The molecule has 0 saturated carbocycles. The highest BCUT2D eigenvalue weighted by molar-refractivity contribution is 5.66. The molecule has 3 N–H and O–H groups in total. The van der Waals surface area contributed by atoms with E-state index < -0.39 is 11.5 Å². The van der Waals surface area contributed by atoms with Crippen molar-refractivity contribution in [2.75, 3.05) is 0 Å². The summed E-state index contributed by atoms with van der Waals surface area (Å²) in [6, 6.07) is 9.62. The fraction of sp³-hybridized carbons (Fsp3) is 0.462. The second-order valence-electron chi connectivity index (χ2n) is 4.30. The maximum absolute atomic E-state index is 10.8. The van der Waals surface area contributed by atoms with E-state index in [1.54, 1.807) is 0 Å². The van der Waals surface area contributed by atoms with Crippen LogP contribution in [0.1, 0.15) is 38.2 Å². The van der Waals surface area contributed by atoms with Crippen LogP contribution in [0.2, 0.25) is 0 Å². The lowest BCUT2D eigenvalue weighted by Crippen LogP contribution is -2.71. The van der Waals surface area contributed by atoms with Crippen LogP contribution >= 0.6 is 0 Å². The lowest BCUT2D eigenvalue weighted by molar-refractivity contribution is -0.492. The van der Waals surface area contributed by atoms with Crippen LogP contribution in [0.5, 0.6) is 0 Å². The summed E-state index contributed by atoms with van der Waals surface area (Å²) in [7, 11) is 0. The van der Waals surface area contributed by atoms with Crippen molar-refractivity contribution in [1.82, 2.24) is 0 Å². The van der Waals surface area contributed by atoms with Gasteiger partial charge in [0.15, 0.2) is 0 Å². The monoisotopic (exact) mass is 221 g/mol. The Morgan fingerprint density at radius 3 is 2.50 bits per heavy atom. The van der Waals surface area contributed by atoms with Crippen LogP contribution in [-0.2, 0) is 10.3 Å². The molecule has 88 valence electrons. The number of aliphatic carboxylic acids is 1. The number of carbonyl (C=O) groups excluding carboxylic acids is 1. The summed E-state index contributed by atoms with van der Waals surface area (Å²) in [5.74, 6) is -1.03. The maximum Gasteiger partial charge on any atom is 0.125 e. The van der Waals surface area contributed by atoms with Crippen molar-refractivity contribution in [2.45, 2.75) is 38.1 Å². The molecule has 0 unspecified atom stereocenters. The van der Waals surface area contributed by atoms with Gasteiger partial charge >= 0.3 is 0 Å². The van der Waals surface area contributed by atoms with Crippen molar-refractivity contribution in [1.29, 1.82) is 0 Å². The number of rotatable bonds is 6. The molecule has 0 heterocycles. The first-order chi connectivity index (χ1) is 7.58. The maximum atomic E-state index is 10.8. The molecule has 0 aliphatic rings. The van der Waals surface area contributed by atoms with Gasteiger partial charge in [0.25, 0.3) is 0 Å². The number of hydrogen-bond acceptors (Lipinski definition) is 2. The summed E-state index contributed by atoms with van der Waals surface area (Å²) in [5, 5.41) is 10.8. The van der Waals surface area contributed by atoms with Gasteiger partial charge < -0.3 is 15.6 Å². The predicted molar refractivity (Wildman–Crippen MR) is 60.2 cm³/mol. The van der Waals surface area contributed by atoms with Crippen LogP contribution in [0.3, 0.4) is 0 Å². The normalized spacial score (nSPS) is 14.4. The standard InChI is InChI=1S/C13H19NO2/c1-2-3-9-13(14,10-12(15)16)11-7-5-4-6-8-11/h4-8H,2-3,9-10,14H2,1H3,(H,15,16)/t13-/m1/s1. The fourth-order valence-electron chi connectivity index (χ4n) is 1.92. The van der Waals surface area contributed by atoms with Gasteiger partial charge in [-0.1, -0.05) is 43.7 Å². The zero-order valence-corrected chi connectivity index (χ0v) is 9.74. The minimum Gasteiger partial charge on any atom is -0.550 e. The second kappa shape index (κ2) is 5.66. The Morgan fingerprint density at radius 2 is 2.00 bits per heavy atom. The number of unbranched alkanes of at least 4 members (excludes halogenated alkanes) is 1. The Bertz CT molecular complexity index is 337. The van der Waals surface area contributed by atoms with E-state index in [9.17, 15) is 9.90 Å². The number of carbonyl (C=O) groups is 1. The molecule has 0 aliphatic heterocycles. The summed E-state index contributed by atoms with van der Waals surface area (Å²) in [4.78, 5) is 10.8. The molecule has 3 heteroatoms. The predicted octanol–water partition coefficient (Wildman–Crippen LogP) is 0.454. The van der Waals surface area contributed by atoms with Crippen LogP contribution in [-0.4, -0.2) is 5.97 Å². The number of benzene rings is 1. The highest BCUT2D eigenvalue weighted by atomic mass is 16.4. The Labute approximate surface area is 96.3 Å². The molecule has 3 nitrogen and oxygen atoms in total. The average Bonchev–Trinajstić information content (AvgIpc) is 2.27. The summed E-state index contributed by atoms with van der Waals surface area (Å²) >= 11 is 0. The van der Waals surface area contributed by atoms with Gasteiger partial charge in [-0.15, -0.1) is 0 Å². The highest BCUT2D eigenvalue weighted by Crippen LogP contribution is 2.25. The van der Waals surface area contributed by atoms with Gasteiger partial charge in [0.2, 0.25) is 0 Å². The molecule has 16 heavy (non-hydrogen) atoms. The van der Waals surface area contributed by atoms with Crippen molar-refractivity contribution in [3.63, 3.8) is 0 Å². The fourth-order valence-corrected chi connectivity index (χ4v) is 1.92. The van der Waals surface area contributed by atoms with Crippen LogP contribution in [0.25, 0.3) is 0 Å². The van der Waals surface area contributed by atoms with E-state index in [-0.39, 0.29) is 6.42 Å². The largest absolute Gasteiger partial charge is 0.550 e. The zero-order valence-electron chi connectivity index (χ0n) is 9.74. The molecule has 1 atom stereocenters. The van der Waals surface area contributed by atoms with E-state index in [0.29, 0.717) is 0 Å². The third-order valence-electron chi connectivity index (χ3n) is 2.88. The van der Waals surface area contributed by atoms with E-state index in [0.717, 1.165) is 24.8 Å². The van der Waals surface area contributed by atoms with Crippen molar-refractivity contribution < 1.29 is 15.6 Å². The molecule has 0 radical (unpaired) electrons. The first-order valence-corrected chi connectivity index (χ1v) is 5.69. The SMILES string of the molecule is CCCC[C@@]([NH3+])(CC(=O)[O-])c1ccccc1. The van der Waals surface area contributed by atoms with Gasteiger partial charge in [-0.05, 0) is 6.42 Å². The number of hydrogen-bond donors (Lipinski definition) is 1. The number of carboxylic acid groups (broad SMARTS) is 1. The molecular formula is C13H19NO2. The Hall–Kier alpha value is -1.35. The first kappa shape index (κ1) is 12.7. The van der Waals surface area contributed by atoms with Crippen LogP contribution < -0.4 is 10.8 Å². The average molecular weight is 221 g/mol. The smallest absolute Gasteiger partial charge is 0.125 e. The molecule has 0 fully saturated rings. The Kier molecular flexibility index (Phi) is 4.50. The summed E-state index contributed by atoms with van der Waals surface area (Å²) < 4.78 is 0. The van der Waals surface area contributed by atoms with Crippen LogP contribution in [0, 0.1) is 0 Å². The van der Waals surface area contributed by atoms with E-state index in [1.165, 1.54) is 0 Å². The van der Waals surface area contributed by atoms with Crippen LogP contribution in [0.15, 0.2) is 30.3 Å². The van der Waals surface area contributed by atoms with Crippen molar-refractivity contribution >= 4 is 5.97 Å². The molecule has 0 aliphatic carbocycles. The van der Waals surface area contributed by atoms with Crippen molar-refractivity contribution in [2.24, 2.45) is 0 Å². The Morgan fingerprint density at radius 1 is 1.38 bits per heavy atom. The van der Waals surface area contributed by atoms with Gasteiger partial charge in [-0.2, -0.15) is 0 Å². The van der Waals surface area contributed by atoms with Gasteiger partial charge in [-0.25, -0.2) is 0 Å². The third kappa shape index (κ3) is 3.35. The molecule has 1 rings (SSSR count). The molecule has 1 aromatic carbocycles. The van der Waals surface area contributed by atoms with Gasteiger partial charge in [0.05, 0.1) is 0 Å². The molecule has 0 bridgehead atoms. The molecule has 1 aromatic rings. The summed E-state index contributed by atoms with van der Waals surface area (Å²) in [6.45, 7) is 2.09. The van der Waals surface area contributed by atoms with E-state index in [4.69, 9.17) is 0 Å². The minimum absolute atomic E-state index is 0.0169. The molecule has 0 aromatic heterocycles. The first-order valence-electron chi connectivity index (χ1n) is 5.69. The van der Waals surface area contributed by atoms with Crippen LogP contribution in [0.4, 0.5) is 0 Å². The van der Waals surface area contributed by atoms with Crippen molar-refractivity contribution in [3.8, 4) is 0 Å². The Balaban J connectivity index is 2.90. The van der Waals surface area contributed by atoms with Crippen molar-refractivity contribution in [3.05, 3.63) is 35.9 Å². The van der Waals surface area contributed by atoms with E-state index >= 15 is 0 Å². The molecular weight excluding hydrogens is 202 g/mol. The van der Waals surface area contributed by atoms with Gasteiger partial charge in [-0.3, -0.25) is 0 Å². The summed E-state index contributed by atoms with van der Waals surface area (Å²) in [6.07, 6.45) is 2.78. The van der Waals surface area contributed by atoms with Gasteiger partial charge in [0, 0.05) is 24.4 Å². The van der Waals surface area contributed by atoms with E-state index in [2.05, 4.69) is 12.7 Å². The third-order valence-corrected chi connectivity index (χ3v) is 2.88. The molecule has 0 spiro atoms.